The number of methoxy groups -OCH3 is 1. The molecule has 0 spiro atoms. The molecule has 0 bridgehead atoms. The average molecular weight is 325 g/mol. The third kappa shape index (κ3) is 2.55. The van der Waals surface area contributed by atoms with Gasteiger partial charge in [0.15, 0.2) is 0 Å². The summed E-state index contributed by atoms with van der Waals surface area (Å²) in [5.41, 5.74) is 3.44. The van der Waals surface area contributed by atoms with Gasteiger partial charge in [0.1, 0.15) is 11.9 Å². The minimum Gasteiger partial charge on any atom is -0.497 e. The van der Waals surface area contributed by atoms with E-state index in [9.17, 15) is 4.79 Å². The molecule has 0 N–H and O–H groups in total. The lowest BCUT2D eigenvalue weighted by atomic mass is 9.93. The maximum Gasteiger partial charge on any atom is 0.331 e. The molecule has 4 rings (SSSR count). The van der Waals surface area contributed by atoms with Gasteiger partial charge in [0, 0.05) is 17.7 Å². The van der Waals surface area contributed by atoms with Crippen LogP contribution in [-0.4, -0.2) is 42.7 Å². The molecule has 4 nitrogen and oxygen atoms in total. The summed E-state index contributed by atoms with van der Waals surface area (Å²) < 4.78 is 10.9. The van der Waals surface area contributed by atoms with Crippen LogP contribution in [0.15, 0.2) is 42.0 Å². The fourth-order valence-corrected chi connectivity index (χ4v) is 4.24. The van der Waals surface area contributed by atoms with Gasteiger partial charge in [-0.3, -0.25) is 4.90 Å². The Morgan fingerprint density at radius 3 is 2.71 bits per heavy atom. The third-order valence-corrected chi connectivity index (χ3v) is 5.49. The molecule has 126 valence electrons. The SMILES string of the molecule is COc1ccc(C2=CC3=CC(=O)OC3C3CCCCN3[C@H]2C)cc1. The molecule has 1 fully saturated rings. The van der Waals surface area contributed by atoms with E-state index in [1.807, 2.05) is 12.1 Å². The monoisotopic (exact) mass is 325 g/mol. The van der Waals surface area contributed by atoms with E-state index in [4.69, 9.17) is 9.47 Å². The molecule has 1 aromatic carbocycles. The minimum atomic E-state index is -0.208. The molecule has 0 radical (unpaired) electrons. The highest BCUT2D eigenvalue weighted by Crippen LogP contribution is 2.38. The molecule has 3 atom stereocenters. The quantitative estimate of drug-likeness (QED) is 0.783. The second-order valence-corrected chi connectivity index (χ2v) is 6.81. The fraction of sp³-hybridized carbons (Fsp3) is 0.450. The minimum absolute atomic E-state index is 0.115. The molecular formula is C20H23NO3. The van der Waals surface area contributed by atoms with Crippen molar-refractivity contribution in [1.82, 2.24) is 4.90 Å². The number of carbonyl (C=O) groups excluding carboxylic acids is 1. The predicted octanol–water partition coefficient (Wildman–Crippen LogP) is 3.19. The van der Waals surface area contributed by atoms with E-state index in [1.54, 1.807) is 13.2 Å². The van der Waals surface area contributed by atoms with E-state index in [0.717, 1.165) is 24.3 Å². The summed E-state index contributed by atoms with van der Waals surface area (Å²) in [7, 11) is 1.68. The molecule has 1 saturated heterocycles. The zero-order valence-corrected chi connectivity index (χ0v) is 14.2. The van der Waals surface area contributed by atoms with Crippen LogP contribution in [-0.2, 0) is 9.53 Å². The van der Waals surface area contributed by atoms with Gasteiger partial charge in [-0.2, -0.15) is 0 Å². The van der Waals surface area contributed by atoms with Crippen LogP contribution >= 0.6 is 0 Å². The van der Waals surface area contributed by atoms with Crippen molar-refractivity contribution in [2.24, 2.45) is 0 Å². The van der Waals surface area contributed by atoms with Crippen molar-refractivity contribution in [3.8, 4) is 5.75 Å². The number of fused-ring (bicyclic) bond motifs is 3. The van der Waals surface area contributed by atoms with Crippen LogP contribution in [0.25, 0.3) is 5.57 Å². The maximum absolute atomic E-state index is 11.8. The van der Waals surface area contributed by atoms with Gasteiger partial charge in [0.25, 0.3) is 0 Å². The van der Waals surface area contributed by atoms with Crippen molar-refractivity contribution in [1.29, 1.82) is 0 Å². The van der Waals surface area contributed by atoms with Gasteiger partial charge in [-0.25, -0.2) is 4.79 Å². The second kappa shape index (κ2) is 6.10. The van der Waals surface area contributed by atoms with Crippen LogP contribution in [0, 0.1) is 0 Å². The van der Waals surface area contributed by atoms with Gasteiger partial charge in [-0.05, 0) is 55.7 Å². The summed E-state index contributed by atoms with van der Waals surface area (Å²) in [6.45, 7) is 3.32. The predicted molar refractivity (Wildman–Crippen MR) is 92.7 cm³/mol. The molecule has 24 heavy (non-hydrogen) atoms. The molecule has 3 heterocycles. The highest BCUT2D eigenvalue weighted by atomic mass is 16.5. The van der Waals surface area contributed by atoms with E-state index in [2.05, 4.69) is 30.0 Å². The first kappa shape index (κ1) is 15.5. The van der Waals surface area contributed by atoms with E-state index < -0.39 is 0 Å². The zero-order chi connectivity index (χ0) is 16.7. The highest BCUT2D eigenvalue weighted by molar-refractivity contribution is 5.88. The first-order chi connectivity index (χ1) is 11.7. The van der Waals surface area contributed by atoms with E-state index >= 15 is 0 Å². The molecule has 0 aliphatic carbocycles. The molecule has 0 saturated carbocycles. The Morgan fingerprint density at radius 2 is 1.96 bits per heavy atom. The number of ether oxygens (including phenoxy) is 2. The summed E-state index contributed by atoms with van der Waals surface area (Å²) >= 11 is 0. The van der Waals surface area contributed by atoms with Crippen molar-refractivity contribution < 1.29 is 14.3 Å². The topological polar surface area (TPSA) is 38.8 Å². The molecule has 3 aliphatic heterocycles. The average Bonchev–Trinajstić information content (AvgIpc) is 2.94. The van der Waals surface area contributed by atoms with Crippen LogP contribution in [0.4, 0.5) is 0 Å². The van der Waals surface area contributed by atoms with E-state index in [-0.39, 0.29) is 12.1 Å². The summed E-state index contributed by atoms with van der Waals surface area (Å²) in [5, 5.41) is 0. The van der Waals surface area contributed by atoms with E-state index in [0.29, 0.717) is 12.1 Å². The summed E-state index contributed by atoms with van der Waals surface area (Å²) in [4.78, 5) is 14.4. The maximum atomic E-state index is 11.8. The Hall–Kier alpha value is -2.07. The lowest BCUT2D eigenvalue weighted by Gasteiger charge is -2.41. The standard InChI is InChI=1S/C20H23NO3/c1-13-17(14-6-8-16(23-2)9-7-14)11-15-12-19(22)24-20(15)18-5-3-4-10-21(13)18/h6-9,11-13,18,20H,3-5,10H2,1-2H3/t13-,18?,20?/m0/s1. The Labute approximate surface area is 142 Å². The Kier molecular flexibility index (Phi) is 3.93. The summed E-state index contributed by atoms with van der Waals surface area (Å²) in [6, 6.07) is 8.76. The van der Waals surface area contributed by atoms with Gasteiger partial charge >= 0.3 is 5.97 Å². The van der Waals surface area contributed by atoms with Gasteiger partial charge in [-0.15, -0.1) is 0 Å². The largest absolute Gasteiger partial charge is 0.497 e. The molecule has 3 aliphatic rings. The van der Waals surface area contributed by atoms with Gasteiger partial charge in [-0.1, -0.05) is 18.6 Å². The molecule has 1 aromatic rings. The lowest BCUT2D eigenvalue weighted by molar-refractivity contribution is -0.142. The number of benzene rings is 1. The molecular weight excluding hydrogens is 302 g/mol. The number of piperidine rings is 1. The summed E-state index contributed by atoms with van der Waals surface area (Å²) in [5.74, 6) is 0.647. The van der Waals surface area contributed by atoms with Crippen molar-refractivity contribution >= 4 is 11.5 Å². The molecule has 0 amide bonds. The van der Waals surface area contributed by atoms with Crippen LogP contribution < -0.4 is 4.74 Å². The number of rotatable bonds is 2. The van der Waals surface area contributed by atoms with Crippen LogP contribution in [0.5, 0.6) is 5.75 Å². The number of esters is 1. The first-order valence-corrected chi connectivity index (χ1v) is 8.71. The summed E-state index contributed by atoms with van der Waals surface area (Å²) in [6.07, 6.45) is 7.21. The van der Waals surface area contributed by atoms with E-state index in [1.165, 1.54) is 24.0 Å². The smallest absolute Gasteiger partial charge is 0.331 e. The fourth-order valence-electron chi connectivity index (χ4n) is 4.24. The van der Waals surface area contributed by atoms with Gasteiger partial charge < -0.3 is 9.47 Å². The van der Waals surface area contributed by atoms with Crippen LogP contribution in [0.1, 0.15) is 31.7 Å². The number of carbonyl (C=O) groups is 1. The molecule has 2 unspecified atom stereocenters. The van der Waals surface area contributed by atoms with Crippen LogP contribution in [0.2, 0.25) is 0 Å². The van der Waals surface area contributed by atoms with Crippen molar-refractivity contribution in [3.63, 3.8) is 0 Å². The molecule has 4 heteroatoms. The molecule has 0 aromatic heterocycles. The zero-order valence-electron chi connectivity index (χ0n) is 14.2. The van der Waals surface area contributed by atoms with Crippen LogP contribution in [0.3, 0.4) is 0 Å². The number of hydrogen-bond donors (Lipinski definition) is 0. The normalized spacial score (nSPS) is 29.8. The van der Waals surface area contributed by atoms with Gasteiger partial charge in [0.2, 0.25) is 0 Å². The number of hydrogen-bond acceptors (Lipinski definition) is 4. The Bertz CT molecular complexity index is 704. The van der Waals surface area contributed by atoms with Crippen molar-refractivity contribution in [2.75, 3.05) is 13.7 Å². The Morgan fingerprint density at radius 1 is 1.17 bits per heavy atom. The third-order valence-electron chi connectivity index (χ3n) is 5.49. The second-order valence-electron chi connectivity index (χ2n) is 6.81. The van der Waals surface area contributed by atoms with Crippen molar-refractivity contribution in [3.05, 3.63) is 47.6 Å². The lowest BCUT2D eigenvalue weighted by Crippen LogP contribution is -2.50. The highest BCUT2D eigenvalue weighted by Gasteiger charge is 2.42. The first-order valence-electron chi connectivity index (χ1n) is 8.71. The van der Waals surface area contributed by atoms with Gasteiger partial charge in [0.05, 0.1) is 13.2 Å². The van der Waals surface area contributed by atoms with Crippen molar-refractivity contribution in [2.45, 2.75) is 44.4 Å². The number of nitrogens with zero attached hydrogens (tertiary/aromatic N) is 1. The Balaban J connectivity index is 1.77.